The number of benzene rings is 2. The van der Waals surface area contributed by atoms with Gasteiger partial charge in [-0.25, -0.2) is 17.5 Å². The average molecular weight is 350 g/mol. The Bertz CT molecular complexity index is 846. The van der Waals surface area contributed by atoms with Gasteiger partial charge in [0, 0.05) is 6.92 Å². The molecule has 2 rings (SSSR count). The second-order valence-electron chi connectivity index (χ2n) is 5.91. The molecule has 0 aliphatic rings. The van der Waals surface area contributed by atoms with Crippen molar-refractivity contribution < 1.29 is 17.6 Å². The van der Waals surface area contributed by atoms with Crippen LogP contribution < -0.4 is 10.0 Å². The van der Waals surface area contributed by atoms with Crippen molar-refractivity contribution in [2.24, 2.45) is 0 Å². The molecule has 0 fully saturated rings. The third-order valence-electron chi connectivity index (χ3n) is 3.44. The molecule has 0 atom stereocenters. The molecular weight excluding hydrogens is 331 g/mol. The zero-order chi connectivity index (χ0) is 18.0. The Labute approximate surface area is 141 Å². The Morgan fingerprint density at radius 1 is 1.04 bits per heavy atom. The van der Waals surface area contributed by atoms with E-state index in [1.54, 1.807) is 26.0 Å². The Balaban J connectivity index is 2.38. The summed E-state index contributed by atoms with van der Waals surface area (Å²) in [6.45, 7) is 4.66. The van der Waals surface area contributed by atoms with E-state index < -0.39 is 21.4 Å². The van der Waals surface area contributed by atoms with Gasteiger partial charge < -0.3 is 5.32 Å². The summed E-state index contributed by atoms with van der Waals surface area (Å²) in [6, 6.07) is 11.7. The highest BCUT2D eigenvalue weighted by molar-refractivity contribution is 7.89. The second kappa shape index (κ2) is 6.70. The van der Waals surface area contributed by atoms with Crippen LogP contribution in [0.15, 0.2) is 53.4 Å². The van der Waals surface area contributed by atoms with E-state index in [9.17, 15) is 17.6 Å². The van der Waals surface area contributed by atoms with Gasteiger partial charge in [-0.2, -0.15) is 0 Å². The van der Waals surface area contributed by atoms with Gasteiger partial charge in [0.1, 0.15) is 10.7 Å². The van der Waals surface area contributed by atoms with Crippen molar-refractivity contribution in [2.45, 2.75) is 31.2 Å². The van der Waals surface area contributed by atoms with E-state index in [0.717, 1.165) is 0 Å². The largest absolute Gasteiger partial charge is 0.325 e. The Kier molecular flexibility index (Phi) is 5.05. The Morgan fingerprint density at radius 2 is 1.62 bits per heavy atom. The number of carbonyl (C=O) groups excluding carboxylic acids is 1. The van der Waals surface area contributed by atoms with E-state index in [0.29, 0.717) is 5.56 Å². The number of halogens is 1. The van der Waals surface area contributed by atoms with Gasteiger partial charge in [-0.05, 0) is 43.7 Å². The summed E-state index contributed by atoms with van der Waals surface area (Å²) in [5.41, 5.74) is -0.146. The van der Waals surface area contributed by atoms with Gasteiger partial charge in [0.2, 0.25) is 15.9 Å². The highest BCUT2D eigenvalue weighted by atomic mass is 32.2. The minimum absolute atomic E-state index is 0.0320. The van der Waals surface area contributed by atoms with E-state index in [2.05, 4.69) is 10.0 Å². The highest BCUT2D eigenvalue weighted by Gasteiger charge is 2.29. The summed E-state index contributed by atoms with van der Waals surface area (Å²) < 4.78 is 41.2. The number of hydrogen-bond donors (Lipinski definition) is 2. The number of carbonyl (C=O) groups is 1. The van der Waals surface area contributed by atoms with Crippen LogP contribution >= 0.6 is 0 Å². The number of hydrogen-bond acceptors (Lipinski definition) is 3. The van der Waals surface area contributed by atoms with Crippen molar-refractivity contribution in [3.05, 3.63) is 59.9 Å². The van der Waals surface area contributed by atoms with E-state index in [1.807, 2.05) is 0 Å². The smallest absolute Gasteiger partial charge is 0.243 e. The van der Waals surface area contributed by atoms with E-state index in [1.165, 1.54) is 43.3 Å². The normalized spacial score (nSPS) is 12.0. The van der Waals surface area contributed by atoms with Crippen molar-refractivity contribution in [2.75, 3.05) is 5.32 Å². The summed E-state index contributed by atoms with van der Waals surface area (Å²) in [6.07, 6.45) is 0. The first-order valence-electron chi connectivity index (χ1n) is 7.28. The van der Waals surface area contributed by atoms with Crippen LogP contribution in [-0.2, 0) is 20.4 Å². The third kappa shape index (κ3) is 4.18. The van der Waals surface area contributed by atoms with Crippen molar-refractivity contribution in [3.8, 4) is 0 Å². The molecule has 24 heavy (non-hydrogen) atoms. The lowest BCUT2D eigenvalue weighted by Crippen LogP contribution is -2.41. The molecule has 0 saturated carbocycles. The van der Waals surface area contributed by atoms with Gasteiger partial charge in [0.05, 0.1) is 11.2 Å². The van der Waals surface area contributed by atoms with Gasteiger partial charge in [-0.1, -0.05) is 24.3 Å². The summed E-state index contributed by atoms with van der Waals surface area (Å²) in [5, 5.41) is 2.50. The number of rotatable bonds is 5. The van der Waals surface area contributed by atoms with Crippen LogP contribution in [0.4, 0.5) is 10.1 Å². The molecule has 0 saturated heterocycles. The number of sulfonamides is 1. The molecule has 0 spiro atoms. The van der Waals surface area contributed by atoms with Crippen LogP contribution in [0.3, 0.4) is 0 Å². The maximum Gasteiger partial charge on any atom is 0.243 e. The van der Waals surface area contributed by atoms with Crippen LogP contribution in [0.2, 0.25) is 0 Å². The standard InChI is InChI=1S/C17H19FN2O3S/c1-12(21)19-15-6-4-5-7-16(15)24(22,23)20-17(2,3)13-8-10-14(18)11-9-13/h4-11,20H,1-3H3,(H,19,21). The van der Waals surface area contributed by atoms with Crippen LogP contribution in [0.1, 0.15) is 26.3 Å². The molecule has 2 aromatic carbocycles. The minimum Gasteiger partial charge on any atom is -0.325 e. The summed E-state index contributed by atoms with van der Waals surface area (Å²) in [5.74, 6) is -0.760. The highest BCUT2D eigenvalue weighted by Crippen LogP contribution is 2.26. The van der Waals surface area contributed by atoms with Crippen LogP contribution in [0.25, 0.3) is 0 Å². The molecule has 2 aromatic rings. The lowest BCUT2D eigenvalue weighted by Gasteiger charge is -2.27. The number of amides is 1. The van der Waals surface area contributed by atoms with Gasteiger partial charge in [-0.3, -0.25) is 4.79 Å². The molecule has 2 N–H and O–H groups in total. The van der Waals surface area contributed by atoms with Crippen molar-refractivity contribution >= 4 is 21.6 Å². The van der Waals surface area contributed by atoms with Crippen molar-refractivity contribution in [1.82, 2.24) is 4.72 Å². The third-order valence-corrected chi connectivity index (χ3v) is 5.16. The lowest BCUT2D eigenvalue weighted by molar-refractivity contribution is -0.114. The predicted octanol–water partition coefficient (Wildman–Crippen LogP) is 3.00. The zero-order valence-electron chi connectivity index (χ0n) is 13.6. The Hall–Kier alpha value is -2.25. The maximum atomic E-state index is 13.1. The molecule has 0 heterocycles. The number of anilines is 1. The topological polar surface area (TPSA) is 75.3 Å². The predicted molar refractivity (Wildman–Crippen MR) is 90.5 cm³/mol. The van der Waals surface area contributed by atoms with Gasteiger partial charge in [-0.15, -0.1) is 0 Å². The second-order valence-corrected chi connectivity index (χ2v) is 7.57. The molecule has 128 valence electrons. The molecule has 0 bridgehead atoms. The molecule has 7 heteroatoms. The molecule has 5 nitrogen and oxygen atoms in total. The zero-order valence-corrected chi connectivity index (χ0v) is 14.4. The molecule has 0 aliphatic carbocycles. The van der Waals surface area contributed by atoms with E-state index >= 15 is 0 Å². The van der Waals surface area contributed by atoms with Gasteiger partial charge in [0.15, 0.2) is 0 Å². The van der Waals surface area contributed by atoms with Crippen LogP contribution in [0, 0.1) is 5.82 Å². The van der Waals surface area contributed by atoms with Gasteiger partial charge in [0.25, 0.3) is 0 Å². The van der Waals surface area contributed by atoms with E-state index in [4.69, 9.17) is 0 Å². The first kappa shape index (κ1) is 18.1. The molecule has 1 amide bonds. The number of nitrogens with one attached hydrogen (secondary N) is 2. The van der Waals surface area contributed by atoms with Crippen LogP contribution in [-0.4, -0.2) is 14.3 Å². The van der Waals surface area contributed by atoms with Gasteiger partial charge >= 0.3 is 0 Å². The quantitative estimate of drug-likeness (QED) is 0.870. The Morgan fingerprint density at radius 3 is 2.21 bits per heavy atom. The SMILES string of the molecule is CC(=O)Nc1ccccc1S(=O)(=O)NC(C)(C)c1ccc(F)cc1. The van der Waals surface area contributed by atoms with Crippen molar-refractivity contribution in [1.29, 1.82) is 0 Å². The summed E-state index contributed by atoms with van der Waals surface area (Å²) in [7, 11) is -3.91. The fourth-order valence-electron chi connectivity index (χ4n) is 2.31. The fraction of sp³-hybridized carbons (Fsp3) is 0.235. The van der Waals surface area contributed by atoms with Crippen LogP contribution in [0.5, 0.6) is 0 Å². The summed E-state index contributed by atoms with van der Waals surface area (Å²) in [4.78, 5) is 11.2. The average Bonchev–Trinajstić information content (AvgIpc) is 2.46. The minimum atomic E-state index is -3.91. The maximum absolute atomic E-state index is 13.1. The first-order valence-corrected chi connectivity index (χ1v) is 8.77. The molecule has 0 unspecified atom stereocenters. The monoisotopic (exact) mass is 350 g/mol. The fourth-order valence-corrected chi connectivity index (χ4v) is 3.88. The van der Waals surface area contributed by atoms with Crippen molar-refractivity contribution in [3.63, 3.8) is 0 Å². The molecule has 0 aromatic heterocycles. The lowest BCUT2D eigenvalue weighted by atomic mass is 9.96. The summed E-state index contributed by atoms with van der Waals surface area (Å²) >= 11 is 0. The molecular formula is C17H19FN2O3S. The molecule has 0 aliphatic heterocycles. The first-order chi connectivity index (χ1) is 11.1. The van der Waals surface area contributed by atoms with E-state index in [-0.39, 0.29) is 16.5 Å². The molecule has 0 radical (unpaired) electrons. The number of para-hydroxylation sites is 1.